The van der Waals surface area contributed by atoms with Crippen molar-refractivity contribution in [2.45, 2.75) is 58.8 Å². The van der Waals surface area contributed by atoms with Crippen LogP contribution in [0.2, 0.25) is 0 Å². The van der Waals surface area contributed by atoms with Crippen LogP contribution in [-0.2, 0) is 16.0 Å². The van der Waals surface area contributed by atoms with Gasteiger partial charge in [-0.1, -0.05) is 39.0 Å². The van der Waals surface area contributed by atoms with Crippen molar-refractivity contribution in [3.8, 4) is 0 Å². The highest BCUT2D eigenvalue weighted by Crippen LogP contribution is 2.58. The highest BCUT2D eigenvalue weighted by molar-refractivity contribution is 9.11. The number of thioether (sulfide) groups is 2. The molecular formula is C23H22Br2O2S4. The summed E-state index contributed by atoms with van der Waals surface area (Å²) in [5.41, 5.74) is 3.73. The molecule has 2 aliphatic rings. The van der Waals surface area contributed by atoms with Gasteiger partial charge in [0.2, 0.25) is 10.2 Å². The monoisotopic (exact) mass is 616 g/mol. The molecule has 2 nitrogen and oxygen atoms in total. The van der Waals surface area contributed by atoms with E-state index in [2.05, 4.69) is 44.8 Å². The molecule has 2 aromatic rings. The van der Waals surface area contributed by atoms with E-state index in [4.69, 9.17) is 0 Å². The third-order valence-electron chi connectivity index (χ3n) is 5.38. The fraction of sp³-hybridized carbons (Fsp3) is 0.391. The maximum atomic E-state index is 13.1. The van der Waals surface area contributed by atoms with Crippen LogP contribution >= 0.6 is 78.1 Å². The van der Waals surface area contributed by atoms with Gasteiger partial charge in [0.05, 0.1) is 18.7 Å². The molecule has 0 aromatic carbocycles. The molecule has 0 N–H and O–H groups in total. The second kappa shape index (κ2) is 10.4. The van der Waals surface area contributed by atoms with Crippen LogP contribution in [0.3, 0.4) is 0 Å². The molecule has 31 heavy (non-hydrogen) atoms. The predicted molar refractivity (Wildman–Crippen MR) is 145 cm³/mol. The minimum Gasteiger partial charge on any atom is -0.281 e. The van der Waals surface area contributed by atoms with Crippen LogP contribution in [0.1, 0.15) is 66.3 Å². The molecule has 0 atom stereocenters. The lowest BCUT2D eigenvalue weighted by Gasteiger charge is -2.05. The molecule has 8 heteroatoms. The molecule has 0 saturated carbocycles. The van der Waals surface area contributed by atoms with Crippen molar-refractivity contribution in [1.29, 1.82) is 0 Å². The maximum Gasteiger partial charge on any atom is 0.226 e. The molecule has 2 aliphatic heterocycles. The van der Waals surface area contributed by atoms with E-state index < -0.39 is 0 Å². The smallest absolute Gasteiger partial charge is 0.226 e. The average Bonchev–Trinajstić information content (AvgIpc) is 3.40. The third-order valence-corrected chi connectivity index (χ3v) is 11.0. The number of carbonyl (C=O) groups is 2. The van der Waals surface area contributed by atoms with Crippen LogP contribution in [0.25, 0.3) is 11.1 Å². The molecule has 0 spiro atoms. The second-order valence-corrected chi connectivity index (χ2v) is 14.5. The Labute approximate surface area is 216 Å². The molecule has 4 rings (SSSR count). The van der Waals surface area contributed by atoms with Crippen LogP contribution in [-0.4, -0.2) is 10.2 Å². The number of aryl methyl sites for hydroxylation is 2. The topological polar surface area (TPSA) is 34.1 Å². The molecule has 0 bridgehead atoms. The first-order valence-electron chi connectivity index (χ1n) is 10.4. The van der Waals surface area contributed by atoms with Gasteiger partial charge in [0.1, 0.15) is 0 Å². The summed E-state index contributed by atoms with van der Waals surface area (Å²) in [4.78, 5) is 29.8. The first-order chi connectivity index (χ1) is 14.9. The zero-order valence-corrected chi connectivity index (χ0v) is 23.7. The minimum atomic E-state index is 0.0491. The number of thiophene rings is 2. The quantitative estimate of drug-likeness (QED) is 0.263. The Hall–Kier alpha value is -0.120. The van der Waals surface area contributed by atoms with E-state index in [0.717, 1.165) is 51.1 Å². The van der Waals surface area contributed by atoms with E-state index in [1.807, 2.05) is 13.0 Å². The summed E-state index contributed by atoms with van der Waals surface area (Å²) in [5, 5.41) is 0.113. The minimum absolute atomic E-state index is 0.0491. The van der Waals surface area contributed by atoms with Gasteiger partial charge in [-0.3, -0.25) is 9.59 Å². The van der Waals surface area contributed by atoms with Gasteiger partial charge in [-0.05, 0) is 98.4 Å². The number of unbranched alkanes of at least 4 members (excludes halogenated alkanes) is 5. The SMILES string of the molecule is CCCCCCCCc1cc(Br)sc1C1=C2SC(=O)C(c3sc(Br)cc3C)=C2SC1=O. The highest BCUT2D eigenvalue weighted by atomic mass is 79.9. The van der Waals surface area contributed by atoms with Gasteiger partial charge in [-0.25, -0.2) is 0 Å². The highest BCUT2D eigenvalue weighted by Gasteiger charge is 2.42. The van der Waals surface area contributed by atoms with Crippen molar-refractivity contribution in [2.75, 3.05) is 0 Å². The van der Waals surface area contributed by atoms with Crippen molar-refractivity contribution >= 4 is 99.4 Å². The first-order valence-corrected chi connectivity index (χ1v) is 15.2. The summed E-state index contributed by atoms with van der Waals surface area (Å²) in [6, 6.07) is 4.19. The molecule has 0 fully saturated rings. The van der Waals surface area contributed by atoms with Gasteiger partial charge < -0.3 is 0 Å². The number of fused-ring (bicyclic) bond motifs is 1. The van der Waals surface area contributed by atoms with Crippen LogP contribution in [0, 0.1) is 6.92 Å². The third kappa shape index (κ3) is 5.04. The van der Waals surface area contributed by atoms with E-state index in [9.17, 15) is 9.59 Å². The predicted octanol–water partition coefficient (Wildman–Crippen LogP) is 9.22. The number of carbonyl (C=O) groups excluding carboxylic acids is 2. The molecular weight excluding hydrogens is 596 g/mol. The molecule has 0 saturated heterocycles. The molecule has 164 valence electrons. The lowest BCUT2D eigenvalue weighted by molar-refractivity contribution is -0.106. The number of hydrogen-bond acceptors (Lipinski definition) is 6. The van der Waals surface area contributed by atoms with Crippen molar-refractivity contribution in [3.63, 3.8) is 0 Å². The van der Waals surface area contributed by atoms with Crippen molar-refractivity contribution in [3.05, 3.63) is 50.4 Å². The van der Waals surface area contributed by atoms with Crippen molar-refractivity contribution < 1.29 is 9.59 Å². The fourth-order valence-corrected chi connectivity index (χ4v) is 9.99. The summed E-state index contributed by atoms with van der Waals surface area (Å²) >= 11 is 12.8. The number of halogens is 2. The summed E-state index contributed by atoms with van der Waals surface area (Å²) in [6.45, 7) is 4.25. The normalized spacial score (nSPS) is 16.3. The second-order valence-electron chi connectivity index (χ2n) is 7.67. The summed E-state index contributed by atoms with van der Waals surface area (Å²) in [5.74, 6) is 0. The van der Waals surface area contributed by atoms with Gasteiger partial charge in [0, 0.05) is 19.6 Å². The Kier molecular flexibility index (Phi) is 8.08. The zero-order valence-electron chi connectivity index (χ0n) is 17.3. The standard InChI is InChI=1S/C23H22Br2O2S4/c1-3-4-5-6-7-8-9-13-11-15(25)29-19(13)17-21-20(30-23(17)27)16(22(26)31-21)18-12(2)10-14(24)28-18/h10-11H,3-9H2,1-2H3. The van der Waals surface area contributed by atoms with Gasteiger partial charge in [0.25, 0.3) is 0 Å². The first kappa shape index (κ1) is 24.0. The largest absolute Gasteiger partial charge is 0.281 e. The molecule has 0 amide bonds. The van der Waals surface area contributed by atoms with Crippen LogP contribution in [0.4, 0.5) is 0 Å². The van der Waals surface area contributed by atoms with Crippen LogP contribution in [0.5, 0.6) is 0 Å². The van der Waals surface area contributed by atoms with E-state index >= 15 is 0 Å². The van der Waals surface area contributed by atoms with Gasteiger partial charge >= 0.3 is 0 Å². The Morgan fingerprint density at radius 1 is 0.774 bits per heavy atom. The van der Waals surface area contributed by atoms with Crippen LogP contribution < -0.4 is 0 Å². The van der Waals surface area contributed by atoms with E-state index in [-0.39, 0.29) is 10.2 Å². The Morgan fingerprint density at radius 3 is 1.94 bits per heavy atom. The van der Waals surface area contributed by atoms with E-state index in [1.54, 1.807) is 22.7 Å². The fourth-order valence-electron chi connectivity index (χ4n) is 3.87. The summed E-state index contributed by atoms with van der Waals surface area (Å²) in [6.07, 6.45) is 8.46. The number of hydrogen-bond donors (Lipinski definition) is 0. The molecule has 4 heterocycles. The molecule has 2 aromatic heterocycles. The Bertz CT molecular complexity index is 1110. The van der Waals surface area contributed by atoms with Crippen molar-refractivity contribution in [1.82, 2.24) is 0 Å². The Morgan fingerprint density at radius 2 is 1.32 bits per heavy atom. The zero-order chi connectivity index (χ0) is 22.1. The van der Waals surface area contributed by atoms with Crippen LogP contribution in [0.15, 0.2) is 29.5 Å². The molecule has 0 aliphatic carbocycles. The molecule has 0 unspecified atom stereocenters. The van der Waals surface area contributed by atoms with E-state index in [1.165, 1.54) is 61.2 Å². The summed E-state index contributed by atoms with van der Waals surface area (Å²) < 4.78 is 2.04. The average molecular weight is 619 g/mol. The maximum absolute atomic E-state index is 13.1. The van der Waals surface area contributed by atoms with Gasteiger partial charge in [-0.15, -0.1) is 22.7 Å². The molecule has 0 radical (unpaired) electrons. The lowest BCUT2D eigenvalue weighted by Crippen LogP contribution is -1.97. The van der Waals surface area contributed by atoms with Crippen molar-refractivity contribution in [2.24, 2.45) is 0 Å². The van der Waals surface area contributed by atoms with Gasteiger partial charge in [0.15, 0.2) is 0 Å². The summed E-state index contributed by atoms with van der Waals surface area (Å²) in [7, 11) is 0. The number of rotatable bonds is 9. The lowest BCUT2D eigenvalue weighted by atomic mass is 10.0. The Balaban J connectivity index is 1.65. The van der Waals surface area contributed by atoms with E-state index in [0.29, 0.717) is 5.57 Å². The van der Waals surface area contributed by atoms with Gasteiger partial charge in [-0.2, -0.15) is 0 Å².